The van der Waals surface area contributed by atoms with Gasteiger partial charge in [-0.25, -0.2) is 0 Å². The Morgan fingerprint density at radius 3 is 2.73 bits per heavy atom. The topological polar surface area (TPSA) is 77.8 Å². The van der Waals surface area contributed by atoms with Crippen LogP contribution < -0.4 is 4.74 Å². The van der Waals surface area contributed by atoms with Crippen LogP contribution in [0.1, 0.15) is 16.7 Å². The third-order valence-electron chi connectivity index (χ3n) is 3.16. The number of rotatable bonds is 6. The number of nitrogens with zero attached hydrogens (tertiary/aromatic N) is 4. The smallest absolute Gasteiger partial charge is 0.120 e. The molecule has 112 valence electrons. The van der Waals surface area contributed by atoms with Crippen LogP contribution in [0, 0.1) is 6.92 Å². The van der Waals surface area contributed by atoms with Gasteiger partial charge >= 0.3 is 0 Å². The van der Waals surface area contributed by atoms with Gasteiger partial charge in [0.1, 0.15) is 12.4 Å². The largest absolute Gasteiger partial charge is 0.489 e. The van der Waals surface area contributed by atoms with Crippen molar-refractivity contribution in [3.63, 3.8) is 0 Å². The maximum absolute atomic E-state index is 5.82. The van der Waals surface area contributed by atoms with Gasteiger partial charge in [-0.15, -0.1) is 5.21 Å². The molecule has 0 amide bonds. The van der Waals surface area contributed by atoms with Crippen LogP contribution >= 0.6 is 0 Å². The van der Waals surface area contributed by atoms with Crippen LogP contribution in [0.5, 0.6) is 5.75 Å². The first-order valence-corrected chi connectivity index (χ1v) is 6.98. The molecule has 1 N–H and O–H groups in total. The Labute approximate surface area is 128 Å². The summed E-state index contributed by atoms with van der Waals surface area (Å²) in [7, 11) is 0. The summed E-state index contributed by atoms with van der Waals surface area (Å²) in [5.41, 5.74) is 3.42. The minimum atomic E-state index is 0.353. The zero-order valence-electron chi connectivity index (χ0n) is 12.2. The second-order valence-corrected chi connectivity index (χ2v) is 4.95. The molecule has 0 bridgehead atoms. The first-order chi connectivity index (χ1) is 10.8. The molecule has 0 aliphatic rings. The van der Waals surface area contributed by atoms with Gasteiger partial charge in [-0.05, 0) is 30.2 Å². The van der Waals surface area contributed by atoms with Crippen LogP contribution in [-0.2, 0) is 13.2 Å². The Kier molecular flexibility index (Phi) is 4.29. The minimum Gasteiger partial charge on any atom is -0.489 e. The van der Waals surface area contributed by atoms with E-state index in [1.807, 2.05) is 24.3 Å². The highest BCUT2D eigenvalue weighted by atomic mass is 16.5. The van der Waals surface area contributed by atoms with E-state index in [1.54, 1.807) is 0 Å². The molecule has 2 aromatic carbocycles. The standard InChI is InChI=1S/C16H16N5O/c1-12-5-7-13(8-6-12)11-22-15-4-2-3-14(9-15)10-17-16-18-20-21-19-16/h2-9H,10-11H2,1H3,(H-,17,18,19,20,21)/q-1. The lowest BCUT2D eigenvalue weighted by atomic mass is 10.2. The van der Waals surface area contributed by atoms with E-state index in [4.69, 9.17) is 4.74 Å². The van der Waals surface area contributed by atoms with Gasteiger partial charge in [0.05, 0.1) is 5.95 Å². The van der Waals surface area contributed by atoms with Gasteiger partial charge in [0.2, 0.25) is 0 Å². The Balaban J connectivity index is 1.57. The van der Waals surface area contributed by atoms with Crippen molar-refractivity contribution in [2.45, 2.75) is 20.1 Å². The van der Waals surface area contributed by atoms with E-state index in [0.29, 0.717) is 19.1 Å². The maximum atomic E-state index is 5.82. The van der Waals surface area contributed by atoms with Crippen molar-refractivity contribution in [1.82, 2.24) is 20.6 Å². The molecule has 22 heavy (non-hydrogen) atoms. The number of tetrazole rings is 1. The molecule has 0 aliphatic carbocycles. The summed E-state index contributed by atoms with van der Waals surface area (Å²) in [6, 6.07) is 16.2. The van der Waals surface area contributed by atoms with E-state index in [2.05, 4.69) is 57.1 Å². The Morgan fingerprint density at radius 1 is 1.09 bits per heavy atom. The van der Waals surface area contributed by atoms with E-state index in [9.17, 15) is 0 Å². The first-order valence-electron chi connectivity index (χ1n) is 6.98. The fraction of sp³-hybridized carbons (Fsp3) is 0.188. The molecule has 3 aromatic rings. The molecule has 0 radical (unpaired) electrons. The van der Waals surface area contributed by atoms with Crippen LogP contribution in [0.3, 0.4) is 0 Å². The highest BCUT2D eigenvalue weighted by molar-refractivity contribution is 5.35. The molecule has 0 atom stereocenters. The quantitative estimate of drug-likeness (QED) is 0.756. The molecule has 0 unspecified atom stereocenters. The van der Waals surface area contributed by atoms with Crippen molar-refractivity contribution in [2.24, 2.45) is 0 Å². The van der Waals surface area contributed by atoms with Crippen molar-refractivity contribution in [3.05, 3.63) is 70.5 Å². The van der Waals surface area contributed by atoms with Crippen molar-refractivity contribution in [2.75, 3.05) is 0 Å². The summed E-state index contributed by atoms with van der Waals surface area (Å²) in [6.07, 6.45) is 0. The van der Waals surface area contributed by atoms with Crippen molar-refractivity contribution >= 4 is 5.95 Å². The van der Waals surface area contributed by atoms with Gasteiger partial charge in [-0.3, -0.25) is 15.4 Å². The van der Waals surface area contributed by atoms with Crippen LogP contribution in [0.2, 0.25) is 0 Å². The first kappa shape index (κ1) is 14.1. The van der Waals surface area contributed by atoms with Crippen molar-refractivity contribution in [3.8, 4) is 5.75 Å². The van der Waals surface area contributed by atoms with Crippen molar-refractivity contribution < 1.29 is 4.74 Å². The summed E-state index contributed by atoms with van der Waals surface area (Å²) < 4.78 is 5.82. The fourth-order valence-electron chi connectivity index (χ4n) is 1.97. The number of aromatic amines is 1. The lowest BCUT2D eigenvalue weighted by Crippen LogP contribution is -1.96. The predicted molar refractivity (Wildman–Crippen MR) is 82.9 cm³/mol. The minimum absolute atomic E-state index is 0.353. The lowest BCUT2D eigenvalue weighted by molar-refractivity contribution is 0.306. The Bertz CT molecular complexity index is 710. The molecule has 0 aliphatic heterocycles. The second kappa shape index (κ2) is 6.71. The summed E-state index contributed by atoms with van der Waals surface area (Å²) in [5, 5.41) is 17.7. The fourth-order valence-corrected chi connectivity index (χ4v) is 1.97. The van der Waals surface area contributed by atoms with Crippen LogP contribution in [0.25, 0.3) is 5.32 Å². The lowest BCUT2D eigenvalue weighted by Gasteiger charge is -2.10. The average molecular weight is 294 g/mol. The molecule has 0 fully saturated rings. The average Bonchev–Trinajstić information content (AvgIpc) is 3.06. The summed E-state index contributed by atoms with van der Waals surface area (Å²) in [5.74, 6) is 1.17. The number of nitrogens with one attached hydrogen (secondary N) is 1. The number of aromatic nitrogens is 4. The van der Waals surface area contributed by atoms with E-state index >= 15 is 0 Å². The van der Waals surface area contributed by atoms with E-state index in [-0.39, 0.29) is 0 Å². The number of hydrogen-bond donors (Lipinski definition) is 1. The summed E-state index contributed by atoms with van der Waals surface area (Å²) >= 11 is 0. The highest BCUT2D eigenvalue weighted by Crippen LogP contribution is 2.19. The molecule has 1 heterocycles. The molecule has 0 saturated heterocycles. The summed E-state index contributed by atoms with van der Waals surface area (Å²) in [6.45, 7) is 3.11. The van der Waals surface area contributed by atoms with Crippen LogP contribution in [-0.4, -0.2) is 20.6 Å². The zero-order chi connectivity index (χ0) is 15.2. The van der Waals surface area contributed by atoms with Gasteiger partial charge in [-0.1, -0.05) is 42.0 Å². The normalized spacial score (nSPS) is 10.4. The van der Waals surface area contributed by atoms with Gasteiger partial charge in [-0.2, -0.15) is 0 Å². The molecule has 0 spiro atoms. The molecule has 0 saturated carbocycles. The van der Waals surface area contributed by atoms with E-state index in [0.717, 1.165) is 16.9 Å². The van der Waals surface area contributed by atoms with E-state index < -0.39 is 0 Å². The molecule has 1 aromatic heterocycles. The van der Waals surface area contributed by atoms with Gasteiger partial charge < -0.3 is 10.1 Å². The SMILES string of the molecule is Cc1ccc(COc2cccc(C[N-]c3nn[nH]n3)c2)cc1. The molecular weight excluding hydrogens is 278 g/mol. The number of hydrogen-bond acceptors (Lipinski definition) is 4. The number of benzene rings is 2. The number of ether oxygens (including phenoxy) is 1. The number of aryl methyl sites for hydroxylation is 1. The molecule has 6 nitrogen and oxygen atoms in total. The molecule has 6 heteroatoms. The Morgan fingerprint density at radius 2 is 1.95 bits per heavy atom. The van der Waals surface area contributed by atoms with Crippen LogP contribution in [0.4, 0.5) is 5.95 Å². The van der Waals surface area contributed by atoms with Crippen LogP contribution in [0.15, 0.2) is 48.5 Å². The maximum Gasteiger partial charge on any atom is 0.120 e. The highest BCUT2D eigenvalue weighted by Gasteiger charge is 1.98. The third-order valence-corrected chi connectivity index (χ3v) is 3.16. The van der Waals surface area contributed by atoms with Gasteiger partial charge in [0.15, 0.2) is 0 Å². The molecular formula is C16H16N5O-. The predicted octanol–water partition coefficient (Wildman–Crippen LogP) is 3.29. The third kappa shape index (κ3) is 3.82. The second-order valence-electron chi connectivity index (χ2n) is 4.95. The van der Waals surface area contributed by atoms with Crippen molar-refractivity contribution in [1.29, 1.82) is 0 Å². The van der Waals surface area contributed by atoms with Gasteiger partial charge in [0, 0.05) is 6.54 Å². The Hall–Kier alpha value is -2.89. The van der Waals surface area contributed by atoms with Gasteiger partial charge in [0.25, 0.3) is 0 Å². The monoisotopic (exact) mass is 294 g/mol. The number of H-pyrrole nitrogens is 1. The molecule has 3 rings (SSSR count). The zero-order valence-corrected chi connectivity index (χ0v) is 12.2. The van der Waals surface area contributed by atoms with E-state index in [1.165, 1.54) is 5.56 Å². The summed E-state index contributed by atoms with van der Waals surface area (Å²) in [4.78, 5) is 0.